The van der Waals surface area contributed by atoms with Crippen molar-refractivity contribution in [2.24, 2.45) is 11.3 Å². The van der Waals surface area contributed by atoms with Crippen LogP contribution in [0.1, 0.15) is 44.1 Å². The normalized spacial score (nSPS) is 17.9. The molecular formula is C20H29N5OS. The Kier molecular flexibility index (Phi) is 4.63. The Bertz CT molecular complexity index is 1040. The molecular weight excluding hydrogens is 358 g/mol. The summed E-state index contributed by atoms with van der Waals surface area (Å²) in [6.07, 6.45) is 5.89. The molecule has 3 aromatic heterocycles. The van der Waals surface area contributed by atoms with Gasteiger partial charge >= 0.3 is 0 Å². The lowest BCUT2D eigenvalue weighted by Crippen LogP contribution is -2.28. The fraction of sp³-hybridized carbons (Fsp3) is 0.650. The van der Waals surface area contributed by atoms with E-state index in [1.165, 1.54) is 10.4 Å². The molecule has 0 fully saturated rings. The summed E-state index contributed by atoms with van der Waals surface area (Å²) in [6.45, 7) is 8.59. The lowest BCUT2D eigenvalue weighted by molar-refractivity contribution is 0.218. The van der Waals surface area contributed by atoms with Crippen molar-refractivity contribution < 1.29 is 0 Å². The SMILES string of the molecule is CN(C)CCCn1c(=O)c2c3c(sc2n2cnnc12)CC(C(C)(C)C)CC3. The van der Waals surface area contributed by atoms with Gasteiger partial charge in [-0.05, 0) is 63.2 Å². The van der Waals surface area contributed by atoms with Crippen molar-refractivity contribution in [3.05, 3.63) is 27.1 Å². The Morgan fingerprint density at radius 2 is 2.11 bits per heavy atom. The predicted octanol–water partition coefficient (Wildman–Crippen LogP) is 3.21. The van der Waals surface area contributed by atoms with E-state index in [1.807, 2.05) is 8.97 Å². The molecule has 1 atom stereocenters. The van der Waals surface area contributed by atoms with Gasteiger partial charge in [-0.25, -0.2) is 0 Å². The Morgan fingerprint density at radius 1 is 1.33 bits per heavy atom. The Hall–Kier alpha value is -1.73. The fourth-order valence-electron chi connectivity index (χ4n) is 4.23. The Balaban J connectivity index is 1.84. The van der Waals surface area contributed by atoms with E-state index < -0.39 is 0 Å². The summed E-state index contributed by atoms with van der Waals surface area (Å²) in [5, 5.41) is 9.27. The van der Waals surface area contributed by atoms with Crippen LogP contribution in [0.3, 0.4) is 0 Å². The first kappa shape index (κ1) is 18.6. The van der Waals surface area contributed by atoms with Crippen molar-refractivity contribution in [3.8, 4) is 0 Å². The van der Waals surface area contributed by atoms with Gasteiger partial charge in [0.05, 0.1) is 5.39 Å². The number of aryl methyl sites for hydroxylation is 2. The molecule has 27 heavy (non-hydrogen) atoms. The number of rotatable bonds is 4. The molecule has 0 radical (unpaired) electrons. The second-order valence-corrected chi connectivity index (χ2v) is 10.2. The molecule has 6 nitrogen and oxygen atoms in total. The van der Waals surface area contributed by atoms with Gasteiger partial charge in [0.25, 0.3) is 5.56 Å². The molecule has 0 aromatic carbocycles. The molecule has 0 amide bonds. The first-order chi connectivity index (χ1) is 12.8. The average Bonchev–Trinajstić information content (AvgIpc) is 3.20. The van der Waals surface area contributed by atoms with Crippen LogP contribution in [0.25, 0.3) is 16.0 Å². The average molecular weight is 388 g/mol. The van der Waals surface area contributed by atoms with E-state index in [4.69, 9.17) is 0 Å². The van der Waals surface area contributed by atoms with Gasteiger partial charge in [-0.3, -0.25) is 13.8 Å². The molecule has 0 saturated carbocycles. The molecule has 1 unspecified atom stereocenters. The molecule has 0 aliphatic heterocycles. The second-order valence-electron chi connectivity index (χ2n) is 9.10. The van der Waals surface area contributed by atoms with Crippen LogP contribution < -0.4 is 5.56 Å². The summed E-state index contributed by atoms with van der Waals surface area (Å²) in [5.41, 5.74) is 1.68. The van der Waals surface area contributed by atoms with Crippen molar-refractivity contribution >= 4 is 27.3 Å². The van der Waals surface area contributed by atoms with Crippen LogP contribution in [0.5, 0.6) is 0 Å². The van der Waals surface area contributed by atoms with E-state index in [2.05, 4.69) is 50.0 Å². The van der Waals surface area contributed by atoms with Crippen LogP contribution in [0.15, 0.2) is 11.1 Å². The second kappa shape index (κ2) is 6.71. The van der Waals surface area contributed by atoms with Crippen LogP contribution in [0.2, 0.25) is 0 Å². The maximum atomic E-state index is 13.4. The number of hydrogen-bond acceptors (Lipinski definition) is 5. The molecule has 0 bridgehead atoms. The minimum atomic E-state index is 0.107. The number of nitrogens with zero attached hydrogens (tertiary/aromatic N) is 5. The predicted molar refractivity (Wildman–Crippen MR) is 111 cm³/mol. The standard InChI is InChI=1S/C20H29N5OS/c1-20(2,3)13-7-8-14-15(11-13)27-18-16(14)17(26)24(10-6-9-23(4)5)19-22-21-12-25(18)19/h12-13H,6-11H2,1-5H3. The molecule has 0 spiro atoms. The smallest absolute Gasteiger partial charge is 0.263 e. The fourth-order valence-corrected chi connectivity index (χ4v) is 5.61. The molecule has 1 aliphatic carbocycles. The summed E-state index contributed by atoms with van der Waals surface area (Å²) in [4.78, 5) is 17.9. The topological polar surface area (TPSA) is 55.4 Å². The van der Waals surface area contributed by atoms with Crippen LogP contribution in [-0.4, -0.2) is 44.7 Å². The first-order valence-corrected chi connectivity index (χ1v) is 10.6. The largest absolute Gasteiger partial charge is 0.309 e. The van der Waals surface area contributed by atoms with E-state index >= 15 is 0 Å². The van der Waals surface area contributed by atoms with Gasteiger partial charge in [-0.15, -0.1) is 21.5 Å². The van der Waals surface area contributed by atoms with Gasteiger partial charge in [-0.1, -0.05) is 20.8 Å². The highest BCUT2D eigenvalue weighted by atomic mass is 32.1. The maximum absolute atomic E-state index is 13.4. The third-order valence-corrected chi connectivity index (χ3v) is 7.16. The van der Waals surface area contributed by atoms with Gasteiger partial charge in [0.15, 0.2) is 0 Å². The quantitative estimate of drug-likeness (QED) is 0.690. The summed E-state index contributed by atoms with van der Waals surface area (Å²) in [7, 11) is 4.11. The highest BCUT2D eigenvalue weighted by Gasteiger charge is 2.32. The highest BCUT2D eigenvalue weighted by Crippen LogP contribution is 2.42. The zero-order valence-electron chi connectivity index (χ0n) is 16.9. The highest BCUT2D eigenvalue weighted by molar-refractivity contribution is 7.18. The number of hydrogen-bond donors (Lipinski definition) is 0. The van der Waals surface area contributed by atoms with E-state index in [9.17, 15) is 4.79 Å². The number of fused-ring (bicyclic) bond motifs is 5. The van der Waals surface area contributed by atoms with Gasteiger partial charge < -0.3 is 4.90 Å². The monoisotopic (exact) mass is 387 g/mol. The third kappa shape index (κ3) is 3.21. The molecule has 3 heterocycles. The Morgan fingerprint density at radius 3 is 2.81 bits per heavy atom. The van der Waals surface area contributed by atoms with Crippen molar-refractivity contribution in [2.75, 3.05) is 20.6 Å². The van der Waals surface area contributed by atoms with Crippen molar-refractivity contribution in [2.45, 2.75) is 53.0 Å². The van der Waals surface area contributed by atoms with Crippen LogP contribution in [0.4, 0.5) is 0 Å². The molecule has 0 saturated heterocycles. The van der Waals surface area contributed by atoms with Crippen LogP contribution in [-0.2, 0) is 19.4 Å². The van der Waals surface area contributed by atoms with Crippen LogP contribution in [0, 0.1) is 11.3 Å². The van der Waals surface area contributed by atoms with Crippen molar-refractivity contribution in [1.82, 2.24) is 24.1 Å². The molecule has 4 rings (SSSR count). The minimum Gasteiger partial charge on any atom is -0.309 e. The van der Waals surface area contributed by atoms with E-state index in [0.717, 1.165) is 42.4 Å². The van der Waals surface area contributed by atoms with E-state index in [1.54, 1.807) is 17.7 Å². The van der Waals surface area contributed by atoms with Gasteiger partial charge in [-0.2, -0.15) is 0 Å². The lowest BCUT2D eigenvalue weighted by atomic mass is 9.72. The lowest BCUT2D eigenvalue weighted by Gasteiger charge is -2.33. The van der Waals surface area contributed by atoms with E-state index in [0.29, 0.717) is 23.7 Å². The summed E-state index contributed by atoms with van der Waals surface area (Å²) in [6, 6.07) is 0. The molecule has 1 aliphatic rings. The van der Waals surface area contributed by atoms with Crippen molar-refractivity contribution in [3.63, 3.8) is 0 Å². The third-order valence-electron chi connectivity index (χ3n) is 5.91. The summed E-state index contributed by atoms with van der Waals surface area (Å²) >= 11 is 1.77. The van der Waals surface area contributed by atoms with Crippen LogP contribution >= 0.6 is 11.3 Å². The molecule has 3 aromatic rings. The molecule has 7 heteroatoms. The summed E-state index contributed by atoms with van der Waals surface area (Å²) in [5.74, 6) is 1.33. The zero-order valence-corrected chi connectivity index (χ0v) is 17.8. The maximum Gasteiger partial charge on any atom is 0.263 e. The Labute approximate surface area is 163 Å². The number of thiophene rings is 1. The number of aromatic nitrogens is 4. The van der Waals surface area contributed by atoms with Gasteiger partial charge in [0.2, 0.25) is 5.78 Å². The first-order valence-electron chi connectivity index (χ1n) is 9.79. The van der Waals surface area contributed by atoms with E-state index in [-0.39, 0.29) is 5.56 Å². The van der Waals surface area contributed by atoms with Gasteiger partial charge in [0, 0.05) is 11.4 Å². The minimum absolute atomic E-state index is 0.107. The zero-order chi connectivity index (χ0) is 19.3. The summed E-state index contributed by atoms with van der Waals surface area (Å²) < 4.78 is 3.84. The molecule has 146 valence electrons. The van der Waals surface area contributed by atoms with Gasteiger partial charge in [0.1, 0.15) is 11.2 Å². The van der Waals surface area contributed by atoms with Crippen molar-refractivity contribution in [1.29, 1.82) is 0 Å². The molecule has 0 N–H and O–H groups in total.